The van der Waals surface area contributed by atoms with Crippen LogP contribution in [-0.2, 0) is 11.2 Å². The third-order valence-electron chi connectivity index (χ3n) is 4.45. The minimum absolute atomic E-state index is 0.551. The van der Waals surface area contributed by atoms with Crippen LogP contribution in [0.5, 0.6) is 0 Å². The van der Waals surface area contributed by atoms with Crippen molar-refractivity contribution in [3.63, 3.8) is 0 Å². The Morgan fingerprint density at radius 1 is 1.32 bits per heavy atom. The van der Waals surface area contributed by atoms with Crippen molar-refractivity contribution in [3.8, 4) is 0 Å². The predicted molar refractivity (Wildman–Crippen MR) is 90.4 cm³/mol. The number of aliphatic hydroxyl groups is 1. The molecule has 0 saturated heterocycles. The molecular weight excluding hydrogens is 300 g/mol. The molecule has 122 valence electrons. The lowest BCUT2D eigenvalue weighted by Gasteiger charge is -2.38. The van der Waals surface area contributed by atoms with Crippen LogP contribution in [0.3, 0.4) is 0 Å². The number of nitrogens with one attached hydrogen (secondary N) is 1. The highest BCUT2D eigenvalue weighted by molar-refractivity contribution is 6.61. The molecule has 1 fully saturated rings. The molecule has 0 aliphatic heterocycles. The molecule has 1 aliphatic rings. The van der Waals surface area contributed by atoms with Crippen molar-refractivity contribution in [3.05, 3.63) is 28.8 Å². The molecule has 0 atom stereocenters. The van der Waals surface area contributed by atoms with Gasteiger partial charge in [-0.2, -0.15) is 0 Å². The lowest BCUT2D eigenvalue weighted by molar-refractivity contribution is -0.0982. The fraction of sp³-hybridized carbons (Fsp3) is 0.625. The molecule has 3 N–H and O–H groups in total. The number of rotatable bonds is 7. The summed E-state index contributed by atoms with van der Waals surface area (Å²) in [5, 5.41) is 24.7. The van der Waals surface area contributed by atoms with Crippen LogP contribution in [0.15, 0.2) is 18.2 Å². The smallest absolute Gasteiger partial charge is 0.423 e. The maximum absolute atomic E-state index is 10.5. The summed E-state index contributed by atoms with van der Waals surface area (Å²) in [6.07, 6.45) is 2.37. The zero-order chi connectivity index (χ0) is 16.5. The van der Waals surface area contributed by atoms with E-state index in [0.717, 1.165) is 5.56 Å². The van der Waals surface area contributed by atoms with E-state index in [1.165, 1.54) is 12.8 Å². The van der Waals surface area contributed by atoms with E-state index in [-0.39, 0.29) is 0 Å². The van der Waals surface area contributed by atoms with Gasteiger partial charge in [-0.1, -0.05) is 23.7 Å². The van der Waals surface area contributed by atoms with Crippen LogP contribution in [-0.4, -0.2) is 34.5 Å². The van der Waals surface area contributed by atoms with Crippen LogP contribution in [0, 0.1) is 0 Å². The monoisotopic (exact) mass is 325 g/mol. The van der Waals surface area contributed by atoms with Crippen molar-refractivity contribution in [2.24, 2.45) is 0 Å². The molecule has 1 aliphatic carbocycles. The minimum atomic E-state index is -1.14. The van der Waals surface area contributed by atoms with Crippen LogP contribution in [0.4, 0.5) is 0 Å². The standard InChI is InChI=1S/C16H25BClNO3/c1-15(2,20)16(3,4)22-17(21)13-6-5-7-14(18)12(13)10-19-11-8-9-11/h5-7,11,19-21H,8-10H2,1-4H3. The molecule has 0 spiro atoms. The first-order valence-corrected chi connectivity index (χ1v) is 8.08. The van der Waals surface area contributed by atoms with Gasteiger partial charge in [-0.3, -0.25) is 0 Å². The highest BCUT2D eigenvalue weighted by Crippen LogP contribution is 2.26. The van der Waals surface area contributed by atoms with E-state index in [0.29, 0.717) is 23.1 Å². The Kier molecular flexibility index (Phi) is 5.25. The first-order valence-electron chi connectivity index (χ1n) is 7.71. The fourth-order valence-corrected chi connectivity index (χ4v) is 2.26. The van der Waals surface area contributed by atoms with Gasteiger partial charge in [-0.25, -0.2) is 0 Å². The first-order chi connectivity index (χ1) is 10.1. The van der Waals surface area contributed by atoms with Crippen molar-refractivity contribution in [1.82, 2.24) is 5.32 Å². The van der Waals surface area contributed by atoms with E-state index < -0.39 is 18.3 Å². The fourth-order valence-electron chi connectivity index (χ4n) is 2.01. The molecule has 1 saturated carbocycles. The van der Waals surface area contributed by atoms with Crippen LogP contribution < -0.4 is 10.8 Å². The Labute approximate surface area is 138 Å². The van der Waals surface area contributed by atoms with Gasteiger partial charge in [-0.05, 0) is 57.6 Å². The number of benzene rings is 1. The summed E-state index contributed by atoms with van der Waals surface area (Å²) in [5.74, 6) is 0. The Bertz CT molecular complexity index is 527. The zero-order valence-electron chi connectivity index (χ0n) is 13.7. The molecule has 22 heavy (non-hydrogen) atoms. The highest BCUT2D eigenvalue weighted by Gasteiger charge is 2.40. The molecule has 0 heterocycles. The van der Waals surface area contributed by atoms with Gasteiger partial charge in [0.05, 0.1) is 11.2 Å². The van der Waals surface area contributed by atoms with Gasteiger partial charge < -0.3 is 20.1 Å². The quantitative estimate of drug-likeness (QED) is 0.670. The molecule has 1 aromatic carbocycles. The summed E-state index contributed by atoms with van der Waals surface area (Å²) >= 11 is 6.28. The second-order valence-electron chi connectivity index (χ2n) is 7.00. The molecule has 0 amide bonds. The van der Waals surface area contributed by atoms with E-state index in [4.69, 9.17) is 16.3 Å². The molecule has 0 radical (unpaired) electrons. The highest BCUT2D eigenvalue weighted by atomic mass is 35.5. The molecule has 4 nitrogen and oxygen atoms in total. The molecule has 6 heteroatoms. The van der Waals surface area contributed by atoms with Gasteiger partial charge in [0.1, 0.15) is 0 Å². The SMILES string of the molecule is CC(C)(O)C(C)(C)OB(O)c1cccc(Cl)c1CNC1CC1. The Balaban J connectivity index is 2.17. The van der Waals surface area contributed by atoms with Crippen molar-refractivity contribution >= 4 is 24.2 Å². The van der Waals surface area contributed by atoms with Crippen molar-refractivity contribution in [1.29, 1.82) is 0 Å². The minimum Gasteiger partial charge on any atom is -0.423 e. The molecular formula is C16H25BClNO3. The van der Waals surface area contributed by atoms with Crippen LogP contribution >= 0.6 is 11.6 Å². The van der Waals surface area contributed by atoms with E-state index in [1.807, 2.05) is 6.07 Å². The van der Waals surface area contributed by atoms with Gasteiger partial charge in [0.15, 0.2) is 0 Å². The average molecular weight is 326 g/mol. The molecule has 1 aromatic rings. The van der Waals surface area contributed by atoms with Gasteiger partial charge in [0.2, 0.25) is 0 Å². The molecule has 0 bridgehead atoms. The number of hydrogen-bond acceptors (Lipinski definition) is 4. The van der Waals surface area contributed by atoms with Crippen molar-refractivity contribution in [2.75, 3.05) is 0 Å². The van der Waals surface area contributed by atoms with Gasteiger partial charge in [0.25, 0.3) is 0 Å². The van der Waals surface area contributed by atoms with Gasteiger partial charge in [-0.15, -0.1) is 0 Å². The van der Waals surface area contributed by atoms with Gasteiger partial charge >= 0.3 is 7.12 Å². The van der Waals surface area contributed by atoms with E-state index >= 15 is 0 Å². The van der Waals surface area contributed by atoms with E-state index in [9.17, 15) is 10.1 Å². The lowest BCUT2D eigenvalue weighted by Crippen LogP contribution is -2.53. The van der Waals surface area contributed by atoms with Crippen LogP contribution in [0.1, 0.15) is 46.1 Å². The largest absolute Gasteiger partial charge is 0.492 e. The number of hydrogen-bond donors (Lipinski definition) is 3. The summed E-state index contributed by atoms with van der Waals surface area (Å²) in [6.45, 7) is 7.43. The van der Waals surface area contributed by atoms with Crippen LogP contribution in [0.2, 0.25) is 5.02 Å². The van der Waals surface area contributed by atoms with Crippen LogP contribution in [0.25, 0.3) is 0 Å². The third-order valence-corrected chi connectivity index (χ3v) is 4.80. The zero-order valence-corrected chi connectivity index (χ0v) is 14.4. The molecule has 2 rings (SSSR count). The molecule has 0 aromatic heterocycles. The summed E-state index contributed by atoms with van der Waals surface area (Å²) < 4.78 is 5.73. The Morgan fingerprint density at radius 2 is 1.95 bits per heavy atom. The predicted octanol–water partition coefficient (Wildman–Crippen LogP) is 1.85. The topological polar surface area (TPSA) is 61.7 Å². The average Bonchev–Trinajstić information content (AvgIpc) is 3.19. The maximum atomic E-state index is 10.5. The summed E-state index contributed by atoms with van der Waals surface area (Å²) in [6, 6.07) is 5.96. The normalized spacial score (nSPS) is 16.0. The van der Waals surface area contributed by atoms with E-state index in [2.05, 4.69) is 5.32 Å². The van der Waals surface area contributed by atoms with Crippen molar-refractivity contribution in [2.45, 2.75) is 64.3 Å². The first kappa shape index (κ1) is 17.8. The second-order valence-corrected chi connectivity index (χ2v) is 7.41. The summed E-state index contributed by atoms with van der Waals surface area (Å²) in [7, 11) is -1.14. The van der Waals surface area contributed by atoms with Gasteiger partial charge in [0, 0.05) is 17.6 Å². The number of halogens is 1. The maximum Gasteiger partial charge on any atom is 0.492 e. The Morgan fingerprint density at radius 3 is 2.50 bits per heavy atom. The van der Waals surface area contributed by atoms with E-state index in [1.54, 1.807) is 39.8 Å². The lowest BCUT2D eigenvalue weighted by atomic mass is 9.74. The third kappa shape index (κ3) is 4.24. The Hall–Kier alpha value is -0.585. The van der Waals surface area contributed by atoms with Crippen molar-refractivity contribution < 1.29 is 14.8 Å². The second kappa shape index (κ2) is 6.50. The molecule has 0 unspecified atom stereocenters. The summed E-state index contributed by atoms with van der Waals surface area (Å²) in [4.78, 5) is 0. The summed E-state index contributed by atoms with van der Waals surface area (Å²) in [5.41, 5.74) is -0.511.